The van der Waals surface area contributed by atoms with Gasteiger partial charge in [0.05, 0.1) is 12.7 Å². The molecule has 3 rings (SSSR count). The van der Waals surface area contributed by atoms with Gasteiger partial charge in [-0.3, -0.25) is 9.59 Å². The van der Waals surface area contributed by atoms with E-state index in [-0.39, 0.29) is 12.3 Å². The van der Waals surface area contributed by atoms with Crippen LogP contribution in [0.2, 0.25) is 0 Å². The van der Waals surface area contributed by atoms with Crippen LogP contribution >= 0.6 is 0 Å². The van der Waals surface area contributed by atoms with Crippen LogP contribution in [0.15, 0.2) is 59.2 Å². The summed E-state index contributed by atoms with van der Waals surface area (Å²) in [6.45, 7) is 1.98. The second-order valence-electron chi connectivity index (χ2n) is 6.45. The molecule has 1 amide bonds. The second-order valence-corrected chi connectivity index (χ2v) is 6.45. The zero-order chi connectivity index (χ0) is 18.7. The van der Waals surface area contributed by atoms with Crippen LogP contribution in [0.1, 0.15) is 22.8 Å². The first-order chi connectivity index (χ1) is 12.5. The number of benzene rings is 2. The van der Waals surface area contributed by atoms with Crippen molar-refractivity contribution in [1.82, 2.24) is 4.90 Å². The zero-order valence-electron chi connectivity index (χ0n) is 15.1. The van der Waals surface area contributed by atoms with Crippen LogP contribution in [-0.2, 0) is 20.7 Å². The predicted octanol–water partition coefficient (Wildman–Crippen LogP) is 3.66. The molecule has 0 radical (unpaired) electrons. The van der Waals surface area contributed by atoms with Crippen LogP contribution in [-0.4, -0.2) is 30.9 Å². The summed E-state index contributed by atoms with van der Waals surface area (Å²) in [5.74, 6) is -0.755. The van der Waals surface area contributed by atoms with Crippen molar-refractivity contribution >= 4 is 22.8 Å². The van der Waals surface area contributed by atoms with E-state index in [1.54, 1.807) is 32.5 Å². The maximum absolute atomic E-state index is 12.5. The normalized spacial score (nSPS) is 12.0. The number of nitrogens with zero attached hydrogens (tertiary/aromatic N) is 1. The molecule has 1 aromatic heterocycles. The molecule has 1 atom stereocenters. The Bertz CT molecular complexity index is 928. The summed E-state index contributed by atoms with van der Waals surface area (Å²) in [5, 5.41) is 0.878. The number of hydrogen-bond donors (Lipinski definition) is 0. The Morgan fingerprint density at radius 2 is 1.85 bits per heavy atom. The number of likely N-dealkylation sites (N-methyl/N-ethyl adjacent to an activating group) is 1. The lowest BCUT2D eigenvalue weighted by molar-refractivity contribution is -0.159. The lowest BCUT2D eigenvalue weighted by Crippen LogP contribution is -2.31. The molecule has 0 bridgehead atoms. The largest absolute Gasteiger partial charge is 0.464 e. The van der Waals surface area contributed by atoms with Crippen molar-refractivity contribution in [3.05, 3.63) is 71.5 Å². The summed E-state index contributed by atoms with van der Waals surface area (Å²) >= 11 is 0. The van der Waals surface area contributed by atoms with E-state index >= 15 is 0 Å². The highest BCUT2D eigenvalue weighted by Crippen LogP contribution is 2.25. The lowest BCUT2D eigenvalue weighted by Gasteiger charge is -2.21. The molecule has 26 heavy (non-hydrogen) atoms. The molecular formula is C21H21NO4. The van der Waals surface area contributed by atoms with E-state index in [0.29, 0.717) is 5.56 Å². The molecule has 0 saturated heterocycles. The number of carbonyl (C=O) groups is 2. The highest BCUT2D eigenvalue weighted by molar-refractivity contribution is 5.88. The van der Waals surface area contributed by atoms with Gasteiger partial charge in [-0.2, -0.15) is 0 Å². The summed E-state index contributed by atoms with van der Waals surface area (Å²) in [4.78, 5) is 26.4. The molecule has 134 valence electrons. The van der Waals surface area contributed by atoms with Crippen LogP contribution in [0.3, 0.4) is 0 Å². The Morgan fingerprint density at radius 1 is 1.12 bits per heavy atom. The van der Waals surface area contributed by atoms with Gasteiger partial charge in [0.15, 0.2) is 0 Å². The van der Waals surface area contributed by atoms with Crippen molar-refractivity contribution in [1.29, 1.82) is 0 Å². The van der Waals surface area contributed by atoms with E-state index in [1.807, 2.05) is 43.3 Å². The smallest absolute Gasteiger partial charge is 0.311 e. The minimum Gasteiger partial charge on any atom is -0.464 e. The topological polar surface area (TPSA) is 59.8 Å². The van der Waals surface area contributed by atoms with Gasteiger partial charge in [-0.05, 0) is 18.6 Å². The van der Waals surface area contributed by atoms with E-state index in [1.165, 1.54) is 4.90 Å². The molecule has 0 saturated carbocycles. The first-order valence-electron chi connectivity index (χ1n) is 8.38. The molecule has 0 fully saturated rings. The van der Waals surface area contributed by atoms with Crippen molar-refractivity contribution < 1.29 is 18.7 Å². The second kappa shape index (κ2) is 7.44. The Labute approximate surface area is 152 Å². The SMILES string of the molecule is Cc1ccc2c(CC(=O)O[C@H](C(=O)N(C)C)c3ccccc3)coc2c1. The fraction of sp³-hybridized carbons (Fsp3) is 0.238. The third kappa shape index (κ3) is 3.77. The molecule has 1 heterocycles. The highest BCUT2D eigenvalue weighted by atomic mass is 16.5. The molecular weight excluding hydrogens is 330 g/mol. The standard InChI is InChI=1S/C21H21NO4/c1-14-9-10-17-16(13-25-18(17)11-14)12-19(23)26-20(21(24)22(2)3)15-7-5-4-6-8-15/h4-11,13,20H,12H2,1-3H3/t20-/m0/s1. The minimum atomic E-state index is -0.959. The van der Waals surface area contributed by atoms with Crippen molar-refractivity contribution in [2.24, 2.45) is 0 Å². The van der Waals surface area contributed by atoms with Gasteiger partial charge in [-0.15, -0.1) is 0 Å². The lowest BCUT2D eigenvalue weighted by atomic mass is 10.1. The summed E-state index contributed by atoms with van der Waals surface area (Å²) < 4.78 is 11.1. The fourth-order valence-corrected chi connectivity index (χ4v) is 2.78. The predicted molar refractivity (Wildman–Crippen MR) is 98.6 cm³/mol. The van der Waals surface area contributed by atoms with E-state index in [9.17, 15) is 9.59 Å². The minimum absolute atomic E-state index is 0.0418. The number of fused-ring (bicyclic) bond motifs is 1. The van der Waals surface area contributed by atoms with E-state index < -0.39 is 12.1 Å². The molecule has 5 heteroatoms. The molecule has 3 aromatic rings. The number of ether oxygens (including phenoxy) is 1. The molecule has 0 N–H and O–H groups in total. The van der Waals surface area contributed by atoms with Crippen molar-refractivity contribution in [2.75, 3.05) is 14.1 Å². The van der Waals surface area contributed by atoms with Crippen LogP contribution in [0, 0.1) is 6.92 Å². The average molecular weight is 351 g/mol. The van der Waals surface area contributed by atoms with Gasteiger partial charge < -0.3 is 14.1 Å². The monoisotopic (exact) mass is 351 g/mol. The first-order valence-corrected chi connectivity index (χ1v) is 8.38. The number of amides is 1. The quantitative estimate of drug-likeness (QED) is 0.658. The number of hydrogen-bond acceptors (Lipinski definition) is 4. The van der Waals surface area contributed by atoms with Gasteiger partial charge >= 0.3 is 5.97 Å². The number of esters is 1. The maximum atomic E-state index is 12.5. The Kier molecular flexibility index (Phi) is 5.07. The average Bonchev–Trinajstić information content (AvgIpc) is 3.01. The van der Waals surface area contributed by atoms with Crippen molar-refractivity contribution in [3.8, 4) is 0 Å². The van der Waals surface area contributed by atoms with E-state index in [0.717, 1.165) is 22.1 Å². The zero-order valence-corrected chi connectivity index (χ0v) is 15.1. The molecule has 0 unspecified atom stereocenters. The van der Waals surface area contributed by atoms with Crippen molar-refractivity contribution in [2.45, 2.75) is 19.4 Å². The van der Waals surface area contributed by atoms with Gasteiger partial charge in [0, 0.05) is 30.6 Å². The molecule has 0 aliphatic rings. The summed E-state index contributed by atoms with van der Waals surface area (Å²) in [6, 6.07) is 14.8. The highest BCUT2D eigenvalue weighted by Gasteiger charge is 2.26. The number of aryl methyl sites for hydroxylation is 1. The van der Waals surface area contributed by atoms with Gasteiger partial charge in [0.1, 0.15) is 5.58 Å². The van der Waals surface area contributed by atoms with Gasteiger partial charge in [-0.1, -0.05) is 42.5 Å². The fourth-order valence-electron chi connectivity index (χ4n) is 2.78. The van der Waals surface area contributed by atoms with Crippen LogP contribution in [0.5, 0.6) is 0 Å². The van der Waals surface area contributed by atoms with Gasteiger partial charge in [-0.25, -0.2) is 0 Å². The Morgan fingerprint density at radius 3 is 2.54 bits per heavy atom. The third-order valence-electron chi connectivity index (χ3n) is 4.16. The molecule has 0 aliphatic carbocycles. The molecule has 0 spiro atoms. The first kappa shape index (κ1) is 17.7. The third-order valence-corrected chi connectivity index (χ3v) is 4.16. The summed E-state index contributed by atoms with van der Waals surface area (Å²) in [6.07, 6.45) is 0.649. The van der Waals surface area contributed by atoms with Crippen molar-refractivity contribution in [3.63, 3.8) is 0 Å². The number of rotatable bonds is 5. The maximum Gasteiger partial charge on any atom is 0.311 e. The summed E-state index contributed by atoms with van der Waals surface area (Å²) in [7, 11) is 3.27. The Hall–Kier alpha value is -3.08. The summed E-state index contributed by atoms with van der Waals surface area (Å²) in [5.41, 5.74) is 3.21. The van der Waals surface area contributed by atoms with E-state index in [4.69, 9.17) is 9.15 Å². The van der Waals surface area contributed by atoms with Gasteiger partial charge in [0.2, 0.25) is 6.10 Å². The van der Waals surface area contributed by atoms with Crippen LogP contribution < -0.4 is 0 Å². The Balaban J connectivity index is 1.80. The van der Waals surface area contributed by atoms with Gasteiger partial charge in [0.25, 0.3) is 5.91 Å². The van der Waals surface area contributed by atoms with E-state index in [2.05, 4.69) is 0 Å². The van der Waals surface area contributed by atoms with Crippen LogP contribution in [0.4, 0.5) is 0 Å². The molecule has 0 aliphatic heterocycles. The number of carbonyl (C=O) groups excluding carboxylic acids is 2. The molecule has 2 aromatic carbocycles. The van der Waals surface area contributed by atoms with Crippen LogP contribution in [0.25, 0.3) is 11.0 Å². The number of furan rings is 1. The molecule has 5 nitrogen and oxygen atoms in total.